The number of nitrogens with one attached hydrogen (secondary N) is 8. The Hall–Kier alpha value is -9.10. The number of tetrazole rings is 2. The molecule has 5 aliphatic heterocycles. The molecule has 10 rings (SSSR count). The normalized spacial score (nSPS) is 31.7. The fourth-order valence-electron chi connectivity index (χ4n) is 15.5. The molecule has 7 amide bonds. The maximum absolute atomic E-state index is 15.2. The Morgan fingerprint density at radius 3 is 1.10 bits per heavy atom. The minimum absolute atomic E-state index is 0. The van der Waals surface area contributed by atoms with E-state index in [9.17, 15) is 130 Å². The topological polar surface area (TPSA) is 728 Å². The number of aliphatic hydroxyl groups excluding tert-OH is 15. The fraction of sp³-hybridized carbons (Fsp3) is 0.690. The number of benzene rings is 3. The van der Waals surface area contributed by atoms with E-state index in [1.165, 1.54) is 110 Å². The Morgan fingerprint density at radius 1 is 0.429 bits per heavy atom. The summed E-state index contributed by atoms with van der Waals surface area (Å²) in [7, 11) is -1.62. The summed E-state index contributed by atoms with van der Waals surface area (Å²) in [6.07, 6.45) is -37.0. The number of carbonyl (C=O) groups excluding carboxylic acids is 7. The first kappa shape index (κ1) is 128. The average molecular weight is 2160 g/mol. The van der Waals surface area contributed by atoms with Crippen LogP contribution in [0.2, 0.25) is 0 Å². The summed E-state index contributed by atoms with van der Waals surface area (Å²) in [5.41, 5.74) is 1.27. The van der Waals surface area contributed by atoms with E-state index in [1.807, 2.05) is 0 Å². The molecule has 7 heterocycles. The van der Waals surface area contributed by atoms with Crippen LogP contribution in [0.5, 0.6) is 11.5 Å². The van der Waals surface area contributed by atoms with Gasteiger partial charge in [0.05, 0.1) is 107 Å². The number of amides is 7. The number of carboxylic acid groups (broad SMARTS) is 1. The summed E-state index contributed by atoms with van der Waals surface area (Å²) < 4.78 is 214. The number of aliphatic carboxylic acids is 1. The van der Waals surface area contributed by atoms with Crippen molar-refractivity contribution in [2.24, 2.45) is 29.6 Å². The van der Waals surface area contributed by atoms with E-state index in [2.05, 4.69) is 77.7 Å². The second-order valence-electron chi connectivity index (χ2n) is 36.7. The Morgan fingerprint density at radius 2 is 0.741 bits per heavy atom. The zero-order chi connectivity index (χ0) is 111. The second kappa shape index (κ2) is 55.3. The molecule has 0 radical (unpaired) electrons. The molecule has 5 aromatic rings. The van der Waals surface area contributed by atoms with Crippen molar-refractivity contribution in [3.8, 4) is 11.5 Å². The number of rotatable bonds is 35. The number of aromatic nitrogens is 8. The number of urea groups is 1. The number of sulfonamides is 1. The van der Waals surface area contributed by atoms with Crippen LogP contribution in [0.15, 0.2) is 90.3 Å². The third kappa shape index (κ3) is 32.5. The summed E-state index contributed by atoms with van der Waals surface area (Å²) in [4.78, 5) is 85.7. The van der Waals surface area contributed by atoms with Gasteiger partial charge in [0.25, 0.3) is 11.8 Å². The van der Waals surface area contributed by atoms with Gasteiger partial charge in [0, 0.05) is 40.8 Å². The summed E-state index contributed by atoms with van der Waals surface area (Å²) in [5, 5.41) is 194. The predicted octanol–water partition coefficient (Wildman–Crippen LogP) is -7.33. The molecule has 0 bridgehead atoms. The van der Waals surface area contributed by atoms with Crippen molar-refractivity contribution in [3.63, 3.8) is 0 Å². The number of aryl methyl sites for hydroxylation is 1. The molecule has 48 nitrogen and oxygen atoms in total. The molecule has 10 unspecified atom stereocenters. The monoisotopic (exact) mass is 2150 g/mol. The van der Waals surface area contributed by atoms with Crippen molar-refractivity contribution >= 4 is 57.2 Å². The van der Waals surface area contributed by atoms with E-state index < -0.39 is 320 Å². The van der Waals surface area contributed by atoms with Gasteiger partial charge in [-0.15, -0.1) is 10.2 Å². The van der Waals surface area contributed by atoms with Gasteiger partial charge in [-0.25, -0.2) is 71.2 Å². The van der Waals surface area contributed by atoms with Crippen molar-refractivity contribution in [2.75, 3.05) is 52.6 Å². The maximum Gasteiger partial charge on any atom is 1.00 e. The number of carbonyl (C=O) groups is 7. The van der Waals surface area contributed by atoms with Gasteiger partial charge < -0.3 is 157 Å². The van der Waals surface area contributed by atoms with Crippen LogP contribution in [0, 0.1) is 36.5 Å². The molecule has 0 spiro atoms. The van der Waals surface area contributed by atoms with Crippen molar-refractivity contribution in [1.82, 2.24) is 77.0 Å². The van der Waals surface area contributed by atoms with Crippen molar-refractivity contribution in [3.05, 3.63) is 96.6 Å². The second-order valence-corrected chi connectivity index (χ2v) is 38.4. The first-order chi connectivity index (χ1) is 67.9. The van der Waals surface area contributed by atoms with Crippen LogP contribution in [0.3, 0.4) is 0 Å². The number of nitrogens with zero attached hydrogens (tertiary/aromatic N) is 8. The maximum atomic E-state index is 15.2. The Labute approximate surface area is 858 Å². The predicted molar refractivity (Wildman–Crippen MR) is 480 cm³/mol. The zero-order valence-corrected chi connectivity index (χ0v) is 85.5. The van der Waals surface area contributed by atoms with Gasteiger partial charge in [-0.1, -0.05) is 80.0 Å². The third-order valence-electron chi connectivity index (χ3n) is 24.1. The zero-order valence-electron chi connectivity index (χ0n) is 82.7. The van der Waals surface area contributed by atoms with Crippen molar-refractivity contribution < 1.29 is 230 Å². The van der Waals surface area contributed by atoms with E-state index in [0.717, 1.165) is 48.4 Å². The average Bonchev–Trinajstić information content (AvgIpc) is 1.72. The van der Waals surface area contributed by atoms with Gasteiger partial charge in [0.2, 0.25) is 57.1 Å². The SMILES string of the molecule is CC(C)C(=O)N[C@H]1[C@H]([C@H](O)[C@H](O)CO)OC(C)(F)C(F)[C@@H]1n1cnnn1.COc1ccc(C(=O)N[C@H]2C(F)C(C)(F)O[C@@H]([C@H](O)[C@H](O)CO)[C@@H]2NC(=O)C(C)C)cc1.COc1ccc(S(=O)(=O)N[C@H]2C(F)C(C)(F)O[C@@H]([C@H](O)[C@H](O)CO)[C@@H]2NC(=O)C(C)C)cc1.C[C@H]1[C@H]([C@H](O)[C@H](O)CO)OC(C)(F)C(F)[C@@H]1n1cnnn1.Cc1ccc(NC(=O)N[C@H]2C(F)C(F)(C(=O)[O-])O[C@@H]([C@H](O)[C@H](O)CO)[C@@H]2NC(=O)C(C)C)cc1.[Na+]. The number of hydrogen-bond acceptors (Lipinski definition) is 38. The van der Waals surface area contributed by atoms with Gasteiger partial charge in [0.15, 0.2) is 30.9 Å². The van der Waals surface area contributed by atoms with E-state index >= 15 is 22.0 Å². The molecule has 826 valence electrons. The quantitative estimate of drug-likeness (QED) is 0.0132. The smallest absolute Gasteiger partial charge is 0.544 e. The van der Waals surface area contributed by atoms with Crippen LogP contribution >= 0.6 is 0 Å². The molecule has 5 fully saturated rings. The molecule has 147 heavy (non-hydrogen) atoms. The standard InChI is InChI=1S/C21H29F2N3O8.C21H30F2N2O7.C20H30F2N2O8S.C14H23F2N5O5.C11H18F2N4O4.Na/c1-9(2)18(30)25-13-14(26-20(33)24-11-6-4-10(3)5-7-11)17(22)21(23,19(31)32)34-16(13)15(29)12(28)8-27;1-10(2)19(29)24-14-15(25-20(30)11-5-7-12(31-4)8-6-11)18(22)21(3,23)32-17(14)16(28)13(27)9-26;1-10(2)19(28)23-14-15(24-33(29,30)12-7-5-11(31-4)6-8-12)18(21)20(3,22)32-17(14)16(27)13(26)9-25;1-6(2)13(25)18-8-9(21-5-17-19-20-21)12(15)14(3,16)26-11(8)10(24)7(23)4-22;1-5-7(17-4-14-15-16-17)10(12)11(2,13)21-9(5)8(20)6(19)3-18;/h4-7,9,12-17,27-29H,8H2,1-3H3,(H,25,30)(H,31,32)(H2,24,26,33);5-8,10,13-18,26-28H,9H2,1-4H3,(H,24,29)(H,25,30);5-8,10,13-18,24-27H,9H2,1-4H3,(H,23,28);5-12,22-24H,4H2,1-3H3,(H,18,25);4-10,18-20H,3H2,1-2H3;/q;;;;;+1/p-1/t12-,13-,14-,15-,16-,17?,21?;13-,14-,15-,16-,17-,18?,21?;13-,14-,15-,16-,17-,18?,20?;7-,8-,9-,10-,11-,12?,14?;5-,6-,7-,8-,9-,10?,11?;/m11111./s1. The molecular weight excluding hydrogens is 2030 g/mol. The Balaban J connectivity index is 0.000000325. The number of hydrogen-bond donors (Lipinski definition) is 23. The van der Waals surface area contributed by atoms with Gasteiger partial charge >= 0.3 is 35.6 Å². The number of alkyl halides is 10. The molecule has 3 aromatic carbocycles. The van der Waals surface area contributed by atoms with Gasteiger partial charge in [0.1, 0.15) is 122 Å². The number of anilines is 1. The molecule has 5 saturated heterocycles. The number of halogens is 10. The largest absolute Gasteiger partial charge is 1.00 e. The van der Waals surface area contributed by atoms with Crippen LogP contribution in [0.4, 0.5) is 54.4 Å². The van der Waals surface area contributed by atoms with Crippen LogP contribution in [0.25, 0.3) is 0 Å². The fourth-order valence-corrected chi connectivity index (χ4v) is 16.7. The van der Waals surface area contributed by atoms with E-state index in [-0.39, 0.29) is 45.7 Å². The number of ether oxygens (including phenoxy) is 7. The molecule has 23 N–H and O–H groups in total. The summed E-state index contributed by atoms with van der Waals surface area (Å²) in [6.45, 7) is 14.3. The summed E-state index contributed by atoms with van der Waals surface area (Å²) in [5.74, 6) is -24.0. The third-order valence-corrected chi connectivity index (χ3v) is 25.6. The van der Waals surface area contributed by atoms with Crippen LogP contribution in [-0.4, -0.2) is 408 Å². The molecule has 0 saturated carbocycles. The van der Waals surface area contributed by atoms with Crippen molar-refractivity contribution in [2.45, 2.75) is 308 Å². The molecular formula is C87H129F10N16NaO32S. The summed E-state index contributed by atoms with van der Waals surface area (Å²) >= 11 is 0. The molecule has 35 atom stereocenters. The Bertz CT molecular complexity index is 5070. The van der Waals surface area contributed by atoms with Gasteiger partial charge in [-0.05, 0) is 116 Å². The van der Waals surface area contributed by atoms with Crippen molar-refractivity contribution in [1.29, 1.82) is 0 Å². The van der Waals surface area contributed by atoms with Gasteiger partial charge in [-0.2, -0.15) is 0 Å². The van der Waals surface area contributed by atoms with Gasteiger partial charge in [-0.3, -0.25) is 24.0 Å². The summed E-state index contributed by atoms with van der Waals surface area (Å²) in [6, 6.07) is 1.78. The number of methoxy groups -OCH3 is 2. The Kier molecular flexibility index (Phi) is 48.3. The number of aliphatic hydroxyl groups is 15. The van der Waals surface area contributed by atoms with E-state index in [4.69, 9.17) is 43.7 Å². The van der Waals surface area contributed by atoms with Crippen LogP contribution < -0.4 is 86.1 Å². The first-order valence-corrected chi connectivity index (χ1v) is 46.9. The minimum Gasteiger partial charge on any atom is -0.544 e. The molecule has 2 aromatic heterocycles. The molecule has 5 aliphatic rings. The molecule has 60 heteroatoms. The number of carboxylic acids is 1. The van der Waals surface area contributed by atoms with E-state index in [1.54, 1.807) is 46.8 Å². The molecule has 0 aliphatic carbocycles. The minimum atomic E-state index is -4.44. The first-order valence-electron chi connectivity index (χ1n) is 45.4. The van der Waals surface area contributed by atoms with Crippen LogP contribution in [0.1, 0.15) is 118 Å². The van der Waals surface area contributed by atoms with E-state index in [0.29, 0.717) is 18.4 Å². The van der Waals surface area contributed by atoms with Crippen LogP contribution in [-0.2, 0) is 57.7 Å².